The normalized spacial score (nSPS) is 18.8. The summed E-state index contributed by atoms with van der Waals surface area (Å²) in [5.74, 6) is -0.673. The molecule has 0 heterocycles. The van der Waals surface area contributed by atoms with Crippen LogP contribution in [0.1, 0.15) is 44.1 Å². The Morgan fingerprint density at radius 1 is 1.26 bits per heavy atom. The third-order valence-electron chi connectivity index (χ3n) is 4.06. The second-order valence-electron chi connectivity index (χ2n) is 5.41. The van der Waals surface area contributed by atoms with Crippen LogP contribution in [0.25, 0.3) is 0 Å². The van der Waals surface area contributed by atoms with Crippen LogP contribution in [0.2, 0.25) is 5.02 Å². The lowest BCUT2D eigenvalue weighted by molar-refractivity contribution is -0.149. The summed E-state index contributed by atoms with van der Waals surface area (Å²) < 4.78 is 0.923. The van der Waals surface area contributed by atoms with E-state index in [-0.39, 0.29) is 0 Å². The van der Waals surface area contributed by atoms with Gasteiger partial charge in [-0.05, 0) is 37.0 Å². The van der Waals surface area contributed by atoms with Crippen molar-refractivity contribution in [3.8, 4) is 0 Å². The molecular weight excluding hydrogens is 328 g/mol. The van der Waals surface area contributed by atoms with Crippen LogP contribution in [0.3, 0.4) is 0 Å². The molecule has 1 saturated carbocycles. The zero-order valence-electron chi connectivity index (χ0n) is 10.8. The van der Waals surface area contributed by atoms with Gasteiger partial charge in [-0.15, -0.1) is 0 Å². The second kappa shape index (κ2) is 6.27. The maximum Gasteiger partial charge on any atom is 0.309 e. The van der Waals surface area contributed by atoms with E-state index in [4.69, 9.17) is 11.6 Å². The SMILES string of the molecule is O=C(O)C1(Cc2ccc(Br)cc2Cl)CCCCCC1. The monoisotopic (exact) mass is 344 g/mol. The first-order valence-electron chi connectivity index (χ1n) is 6.71. The molecule has 4 heteroatoms. The highest BCUT2D eigenvalue weighted by Crippen LogP contribution is 2.40. The Bertz CT molecular complexity index is 465. The van der Waals surface area contributed by atoms with E-state index >= 15 is 0 Å². The second-order valence-corrected chi connectivity index (χ2v) is 6.74. The lowest BCUT2D eigenvalue weighted by atomic mass is 9.75. The Kier molecular flexibility index (Phi) is 4.91. The van der Waals surface area contributed by atoms with Crippen molar-refractivity contribution in [1.82, 2.24) is 0 Å². The minimum Gasteiger partial charge on any atom is -0.481 e. The molecule has 19 heavy (non-hydrogen) atoms. The molecule has 0 atom stereocenters. The van der Waals surface area contributed by atoms with Crippen LogP contribution in [0.15, 0.2) is 22.7 Å². The molecule has 2 nitrogen and oxygen atoms in total. The van der Waals surface area contributed by atoms with Gasteiger partial charge in [-0.3, -0.25) is 4.79 Å². The molecule has 0 saturated heterocycles. The van der Waals surface area contributed by atoms with Crippen LogP contribution >= 0.6 is 27.5 Å². The van der Waals surface area contributed by atoms with Crippen molar-refractivity contribution in [2.24, 2.45) is 5.41 Å². The van der Waals surface area contributed by atoms with Crippen LogP contribution in [0, 0.1) is 5.41 Å². The van der Waals surface area contributed by atoms with Gasteiger partial charge in [0.25, 0.3) is 0 Å². The molecule has 2 rings (SSSR count). The summed E-state index contributed by atoms with van der Waals surface area (Å²) in [6.45, 7) is 0. The van der Waals surface area contributed by atoms with Gasteiger partial charge in [0.2, 0.25) is 0 Å². The third-order valence-corrected chi connectivity index (χ3v) is 4.90. The number of halogens is 2. The van der Waals surface area contributed by atoms with E-state index in [1.165, 1.54) is 0 Å². The first-order chi connectivity index (χ1) is 9.03. The van der Waals surface area contributed by atoms with Crippen LogP contribution in [0.4, 0.5) is 0 Å². The number of hydrogen-bond acceptors (Lipinski definition) is 1. The summed E-state index contributed by atoms with van der Waals surface area (Å²) in [6.07, 6.45) is 6.34. The maximum absolute atomic E-state index is 11.8. The van der Waals surface area contributed by atoms with E-state index in [1.54, 1.807) is 0 Å². The Morgan fingerprint density at radius 3 is 2.42 bits per heavy atom. The molecule has 0 amide bonds. The van der Waals surface area contributed by atoms with E-state index in [2.05, 4.69) is 15.9 Å². The number of aliphatic carboxylic acids is 1. The summed E-state index contributed by atoms with van der Waals surface area (Å²) in [7, 11) is 0. The lowest BCUT2D eigenvalue weighted by Gasteiger charge is -2.28. The van der Waals surface area contributed by atoms with Gasteiger partial charge in [0.05, 0.1) is 5.41 Å². The fraction of sp³-hybridized carbons (Fsp3) is 0.533. The molecule has 0 aliphatic heterocycles. The van der Waals surface area contributed by atoms with E-state index in [9.17, 15) is 9.90 Å². The minimum absolute atomic E-state index is 0.536. The van der Waals surface area contributed by atoms with Crippen LogP contribution in [0.5, 0.6) is 0 Å². The molecule has 0 spiro atoms. The van der Waals surface area contributed by atoms with Crippen LogP contribution in [-0.4, -0.2) is 11.1 Å². The molecule has 1 aromatic carbocycles. The molecule has 0 bridgehead atoms. The average Bonchev–Trinajstić information content (AvgIpc) is 2.59. The first-order valence-corrected chi connectivity index (χ1v) is 7.88. The number of hydrogen-bond donors (Lipinski definition) is 1. The highest BCUT2D eigenvalue weighted by atomic mass is 79.9. The number of carbonyl (C=O) groups is 1. The topological polar surface area (TPSA) is 37.3 Å². The first kappa shape index (κ1) is 14.9. The van der Waals surface area contributed by atoms with Gasteiger partial charge in [0, 0.05) is 9.50 Å². The molecule has 1 aromatic rings. The van der Waals surface area contributed by atoms with Gasteiger partial charge >= 0.3 is 5.97 Å². The summed E-state index contributed by atoms with van der Waals surface area (Å²) in [6, 6.07) is 5.69. The van der Waals surface area contributed by atoms with Crippen LogP contribution < -0.4 is 0 Å². The zero-order valence-corrected chi connectivity index (χ0v) is 13.1. The standard InChI is InChI=1S/C15H18BrClO2/c16-12-6-5-11(13(17)9-12)10-15(14(18)19)7-3-1-2-4-8-15/h5-6,9H,1-4,7-8,10H2,(H,18,19). The highest BCUT2D eigenvalue weighted by Gasteiger charge is 2.39. The van der Waals surface area contributed by atoms with Crippen molar-refractivity contribution in [3.05, 3.63) is 33.3 Å². The smallest absolute Gasteiger partial charge is 0.309 e. The molecule has 0 radical (unpaired) electrons. The van der Waals surface area contributed by atoms with Crippen molar-refractivity contribution in [2.75, 3.05) is 0 Å². The quantitative estimate of drug-likeness (QED) is 0.777. The van der Waals surface area contributed by atoms with Gasteiger partial charge in [-0.2, -0.15) is 0 Å². The summed E-state index contributed by atoms with van der Waals surface area (Å²) in [5, 5.41) is 10.3. The van der Waals surface area contributed by atoms with Crippen molar-refractivity contribution in [3.63, 3.8) is 0 Å². The van der Waals surface area contributed by atoms with Crippen molar-refractivity contribution < 1.29 is 9.90 Å². The molecule has 1 N–H and O–H groups in total. The third kappa shape index (κ3) is 3.51. The summed E-state index contributed by atoms with van der Waals surface area (Å²) in [5.41, 5.74) is 0.308. The Labute approximate surface area is 127 Å². The van der Waals surface area contributed by atoms with Crippen molar-refractivity contribution in [1.29, 1.82) is 0 Å². The largest absolute Gasteiger partial charge is 0.481 e. The van der Waals surface area contributed by atoms with Gasteiger partial charge in [0.15, 0.2) is 0 Å². The van der Waals surface area contributed by atoms with E-state index in [1.807, 2.05) is 18.2 Å². The van der Waals surface area contributed by atoms with Gasteiger partial charge in [0.1, 0.15) is 0 Å². The zero-order chi connectivity index (χ0) is 13.9. The highest BCUT2D eigenvalue weighted by molar-refractivity contribution is 9.10. The van der Waals surface area contributed by atoms with E-state index in [0.29, 0.717) is 11.4 Å². The molecule has 1 aliphatic rings. The minimum atomic E-state index is -0.673. The van der Waals surface area contributed by atoms with E-state index in [0.717, 1.165) is 48.6 Å². The van der Waals surface area contributed by atoms with Crippen molar-refractivity contribution >= 4 is 33.5 Å². The molecule has 0 aromatic heterocycles. The molecule has 0 unspecified atom stereocenters. The summed E-state index contributed by atoms with van der Waals surface area (Å²) >= 11 is 9.61. The number of benzene rings is 1. The van der Waals surface area contributed by atoms with Crippen LogP contribution in [-0.2, 0) is 11.2 Å². The lowest BCUT2D eigenvalue weighted by Crippen LogP contribution is -2.33. The number of carboxylic acid groups (broad SMARTS) is 1. The molecule has 1 aliphatic carbocycles. The Morgan fingerprint density at radius 2 is 1.89 bits per heavy atom. The predicted molar refractivity (Wildman–Crippen MR) is 80.6 cm³/mol. The fourth-order valence-electron chi connectivity index (χ4n) is 2.90. The van der Waals surface area contributed by atoms with Gasteiger partial charge in [-0.25, -0.2) is 0 Å². The predicted octanol–water partition coefficient (Wildman–Crippen LogP) is 5.07. The molecule has 1 fully saturated rings. The van der Waals surface area contributed by atoms with Gasteiger partial charge in [-0.1, -0.05) is 59.3 Å². The maximum atomic E-state index is 11.8. The number of carboxylic acids is 1. The number of rotatable bonds is 3. The molecule has 104 valence electrons. The fourth-order valence-corrected chi connectivity index (χ4v) is 3.64. The molecular formula is C15H18BrClO2. The Hall–Kier alpha value is -0.540. The van der Waals surface area contributed by atoms with Crippen molar-refractivity contribution in [2.45, 2.75) is 44.9 Å². The summed E-state index contributed by atoms with van der Waals surface area (Å²) in [4.78, 5) is 11.8. The van der Waals surface area contributed by atoms with E-state index < -0.39 is 11.4 Å². The van der Waals surface area contributed by atoms with Gasteiger partial charge < -0.3 is 5.11 Å². The average molecular weight is 346 g/mol. The Balaban J connectivity index is 2.27.